The summed E-state index contributed by atoms with van der Waals surface area (Å²) in [6.07, 6.45) is 1.17. The third-order valence-corrected chi connectivity index (χ3v) is 3.46. The number of anilines is 2. The number of aliphatic hydroxyl groups excluding tert-OH is 1. The van der Waals surface area contributed by atoms with Crippen LogP contribution in [-0.4, -0.2) is 26.2 Å². The molecule has 7 heteroatoms. The zero-order chi connectivity index (χ0) is 13.8. The second-order valence-electron chi connectivity index (χ2n) is 4.12. The first-order valence-corrected chi connectivity index (χ1v) is 7.23. The summed E-state index contributed by atoms with van der Waals surface area (Å²) in [5.74, 6) is 0. The molecule has 1 aromatic carbocycles. The SMILES string of the molecule is CCCC(O)CNc1ccc(S(N)(=O)=O)c(N)c1. The summed E-state index contributed by atoms with van der Waals surface area (Å²) in [7, 11) is -3.79. The Hall–Kier alpha value is -1.31. The summed E-state index contributed by atoms with van der Waals surface area (Å²) >= 11 is 0. The van der Waals surface area contributed by atoms with E-state index in [1.165, 1.54) is 12.1 Å². The first-order valence-electron chi connectivity index (χ1n) is 5.69. The maximum Gasteiger partial charge on any atom is 0.240 e. The van der Waals surface area contributed by atoms with Crippen LogP contribution in [0.5, 0.6) is 0 Å². The molecular formula is C11H19N3O3S. The zero-order valence-corrected chi connectivity index (χ0v) is 11.1. The summed E-state index contributed by atoms with van der Waals surface area (Å²) in [6.45, 7) is 2.38. The van der Waals surface area contributed by atoms with Crippen molar-refractivity contribution in [3.8, 4) is 0 Å². The Morgan fingerprint density at radius 1 is 1.44 bits per heavy atom. The van der Waals surface area contributed by atoms with Crippen molar-refractivity contribution < 1.29 is 13.5 Å². The second kappa shape index (κ2) is 6.03. The highest BCUT2D eigenvalue weighted by Crippen LogP contribution is 2.21. The summed E-state index contributed by atoms with van der Waals surface area (Å²) in [5.41, 5.74) is 6.35. The van der Waals surface area contributed by atoms with Gasteiger partial charge in [0.1, 0.15) is 4.90 Å². The Morgan fingerprint density at radius 3 is 2.61 bits per heavy atom. The van der Waals surface area contributed by atoms with Gasteiger partial charge in [-0.15, -0.1) is 0 Å². The van der Waals surface area contributed by atoms with Crippen molar-refractivity contribution in [1.29, 1.82) is 0 Å². The predicted octanol–water partition coefficient (Wildman–Crippen LogP) is 0.489. The van der Waals surface area contributed by atoms with Gasteiger partial charge in [0.25, 0.3) is 0 Å². The molecule has 1 aromatic rings. The van der Waals surface area contributed by atoms with E-state index >= 15 is 0 Å². The lowest BCUT2D eigenvalue weighted by Crippen LogP contribution is -2.19. The third-order valence-electron chi connectivity index (χ3n) is 2.48. The van der Waals surface area contributed by atoms with Gasteiger partial charge in [-0.05, 0) is 24.6 Å². The predicted molar refractivity (Wildman–Crippen MR) is 71.6 cm³/mol. The minimum absolute atomic E-state index is 0.0903. The van der Waals surface area contributed by atoms with E-state index in [2.05, 4.69) is 5.32 Å². The minimum Gasteiger partial charge on any atom is -0.398 e. The van der Waals surface area contributed by atoms with Crippen LogP contribution < -0.4 is 16.2 Å². The van der Waals surface area contributed by atoms with E-state index in [0.29, 0.717) is 18.7 Å². The van der Waals surface area contributed by atoms with Crippen molar-refractivity contribution in [3.63, 3.8) is 0 Å². The molecule has 1 atom stereocenters. The van der Waals surface area contributed by atoms with Gasteiger partial charge in [-0.25, -0.2) is 13.6 Å². The zero-order valence-electron chi connectivity index (χ0n) is 10.3. The average Bonchev–Trinajstić information content (AvgIpc) is 2.25. The normalized spacial score (nSPS) is 13.3. The second-order valence-corrected chi connectivity index (χ2v) is 5.65. The number of hydrogen-bond acceptors (Lipinski definition) is 5. The number of benzene rings is 1. The summed E-state index contributed by atoms with van der Waals surface area (Å²) < 4.78 is 22.3. The van der Waals surface area contributed by atoms with E-state index in [1.54, 1.807) is 6.07 Å². The summed E-state index contributed by atoms with van der Waals surface area (Å²) in [5, 5.41) is 17.5. The monoisotopic (exact) mass is 273 g/mol. The van der Waals surface area contributed by atoms with Crippen LogP contribution in [0.15, 0.2) is 23.1 Å². The van der Waals surface area contributed by atoms with Crippen LogP contribution in [-0.2, 0) is 10.0 Å². The lowest BCUT2D eigenvalue weighted by atomic mass is 10.2. The fourth-order valence-corrected chi connectivity index (χ4v) is 2.23. The standard InChI is InChI=1S/C11H19N3O3S/c1-2-3-9(15)7-14-8-4-5-11(10(12)6-8)18(13,16)17/h4-6,9,14-15H,2-3,7,12H2,1H3,(H2,13,16,17). The Labute approximate surface area is 107 Å². The smallest absolute Gasteiger partial charge is 0.240 e. The number of primary sulfonamides is 1. The molecule has 0 fully saturated rings. The first kappa shape index (κ1) is 14.7. The van der Waals surface area contributed by atoms with Crippen LogP contribution in [0, 0.1) is 0 Å². The van der Waals surface area contributed by atoms with Gasteiger partial charge in [0.15, 0.2) is 0 Å². The number of nitrogens with one attached hydrogen (secondary N) is 1. The summed E-state index contributed by atoms with van der Waals surface area (Å²) in [6, 6.07) is 4.40. The number of hydrogen-bond donors (Lipinski definition) is 4. The van der Waals surface area contributed by atoms with Crippen LogP contribution in [0.4, 0.5) is 11.4 Å². The van der Waals surface area contributed by atoms with Gasteiger partial charge in [0.2, 0.25) is 10.0 Å². The highest BCUT2D eigenvalue weighted by Gasteiger charge is 2.12. The maximum absolute atomic E-state index is 11.2. The molecular weight excluding hydrogens is 254 g/mol. The Bertz CT molecular complexity index is 502. The molecule has 0 heterocycles. The fraction of sp³-hybridized carbons (Fsp3) is 0.455. The molecule has 6 N–H and O–H groups in total. The molecule has 0 aliphatic heterocycles. The van der Waals surface area contributed by atoms with Gasteiger partial charge in [-0.3, -0.25) is 0 Å². The molecule has 0 saturated heterocycles. The number of rotatable bonds is 6. The van der Waals surface area contributed by atoms with Gasteiger partial charge in [0.05, 0.1) is 11.8 Å². The number of sulfonamides is 1. The van der Waals surface area contributed by atoms with Crippen LogP contribution in [0.25, 0.3) is 0 Å². The average molecular weight is 273 g/mol. The molecule has 0 radical (unpaired) electrons. The fourth-order valence-electron chi connectivity index (χ4n) is 1.59. The molecule has 0 amide bonds. The molecule has 0 bridgehead atoms. The van der Waals surface area contributed by atoms with Crippen molar-refractivity contribution >= 4 is 21.4 Å². The van der Waals surface area contributed by atoms with Gasteiger partial charge < -0.3 is 16.2 Å². The third kappa shape index (κ3) is 4.17. The van der Waals surface area contributed by atoms with Crippen LogP contribution in [0.2, 0.25) is 0 Å². The van der Waals surface area contributed by atoms with Crippen molar-refractivity contribution in [1.82, 2.24) is 0 Å². The van der Waals surface area contributed by atoms with Crippen LogP contribution in [0.1, 0.15) is 19.8 Å². The Balaban J connectivity index is 2.74. The first-order chi connectivity index (χ1) is 8.34. The van der Waals surface area contributed by atoms with E-state index in [9.17, 15) is 13.5 Å². The molecule has 0 aliphatic carbocycles. The highest BCUT2D eigenvalue weighted by molar-refractivity contribution is 7.89. The molecule has 0 aliphatic rings. The van der Waals surface area contributed by atoms with Gasteiger partial charge in [-0.1, -0.05) is 13.3 Å². The molecule has 0 saturated carbocycles. The van der Waals surface area contributed by atoms with Gasteiger partial charge in [-0.2, -0.15) is 0 Å². The molecule has 102 valence electrons. The molecule has 6 nitrogen and oxygen atoms in total. The highest BCUT2D eigenvalue weighted by atomic mass is 32.2. The van der Waals surface area contributed by atoms with E-state index in [0.717, 1.165) is 6.42 Å². The van der Waals surface area contributed by atoms with Gasteiger partial charge in [0, 0.05) is 12.2 Å². The molecule has 1 rings (SSSR count). The summed E-state index contributed by atoms with van der Waals surface area (Å²) in [4.78, 5) is -0.0952. The van der Waals surface area contributed by atoms with Crippen molar-refractivity contribution in [2.24, 2.45) is 5.14 Å². The van der Waals surface area contributed by atoms with E-state index in [1.807, 2.05) is 6.92 Å². The molecule has 0 aromatic heterocycles. The maximum atomic E-state index is 11.2. The largest absolute Gasteiger partial charge is 0.398 e. The minimum atomic E-state index is -3.79. The topological polar surface area (TPSA) is 118 Å². The van der Waals surface area contributed by atoms with Crippen molar-refractivity contribution in [2.75, 3.05) is 17.6 Å². The lowest BCUT2D eigenvalue weighted by Gasteiger charge is -2.13. The Kier molecular flexibility index (Phi) is 4.94. The van der Waals surface area contributed by atoms with Crippen molar-refractivity contribution in [2.45, 2.75) is 30.8 Å². The van der Waals surface area contributed by atoms with Crippen LogP contribution in [0.3, 0.4) is 0 Å². The number of aliphatic hydroxyl groups is 1. The number of nitrogens with two attached hydrogens (primary N) is 2. The van der Waals surface area contributed by atoms with E-state index in [-0.39, 0.29) is 10.6 Å². The van der Waals surface area contributed by atoms with Gasteiger partial charge >= 0.3 is 0 Å². The molecule has 1 unspecified atom stereocenters. The molecule has 18 heavy (non-hydrogen) atoms. The van der Waals surface area contributed by atoms with E-state index < -0.39 is 16.1 Å². The number of nitrogen functional groups attached to an aromatic ring is 1. The Morgan fingerprint density at radius 2 is 2.11 bits per heavy atom. The van der Waals surface area contributed by atoms with Crippen molar-refractivity contribution in [3.05, 3.63) is 18.2 Å². The quantitative estimate of drug-likeness (QED) is 0.562. The van der Waals surface area contributed by atoms with E-state index in [4.69, 9.17) is 10.9 Å². The molecule has 0 spiro atoms. The lowest BCUT2D eigenvalue weighted by molar-refractivity contribution is 0.176. The van der Waals surface area contributed by atoms with Crippen LogP contribution >= 0.6 is 0 Å².